The van der Waals surface area contributed by atoms with Gasteiger partial charge in [0.2, 0.25) is 0 Å². The van der Waals surface area contributed by atoms with Gasteiger partial charge in [0, 0.05) is 22.8 Å². The summed E-state index contributed by atoms with van der Waals surface area (Å²) in [7, 11) is 0. The van der Waals surface area contributed by atoms with Gasteiger partial charge in [0.1, 0.15) is 17.1 Å². The van der Waals surface area contributed by atoms with Crippen molar-refractivity contribution in [2.75, 3.05) is 0 Å². The third-order valence-corrected chi connectivity index (χ3v) is 4.67. The van der Waals surface area contributed by atoms with Gasteiger partial charge in [0.15, 0.2) is 0 Å². The number of carbonyl (C=O) groups is 1. The van der Waals surface area contributed by atoms with Crippen LogP contribution in [0.2, 0.25) is 0 Å². The molecule has 0 saturated heterocycles. The van der Waals surface area contributed by atoms with E-state index in [2.05, 4.69) is 13.8 Å². The Morgan fingerprint density at radius 1 is 1.00 bits per heavy atom. The Labute approximate surface area is 147 Å². The van der Waals surface area contributed by atoms with E-state index in [-0.39, 0.29) is 11.6 Å². The standard InChI is InChI=1S/C22H20O3/c1-14-18-13-22(2,3)25-20(18)17-12-8-7-11-16(17)19(14)24-21(23)15-9-5-4-6-10-15/h4-12H,13H2,1-3H3. The average molecular weight is 332 g/mol. The van der Waals surface area contributed by atoms with E-state index in [1.165, 1.54) is 0 Å². The molecule has 0 aromatic heterocycles. The average Bonchev–Trinajstić information content (AvgIpc) is 2.95. The smallest absolute Gasteiger partial charge is 0.343 e. The van der Waals surface area contributed by atoms with Crippen LogP contribution in [0.25, 0.3) is 10.8 Å². The predicted molar refractivity (Wildman–Crippen MR) is 98.5 cm³/mol. The first-order chi connectivity index (χ1) is 12.0. The molecule has 1 aliphatic heterocycles. The molecule has 0 N–H and O–H groups in total. The maximum Gasteiger partial charge on any atom is 0.343 e. The Bertz CT molecular complexity index is 971. The highest BCUT2D eigenvalue weighted by molar-refractivity contribution is 6.00. The third kappa shape index (κ3) is 2.66. The van der Waals surface area contributed by atoms with Crippen LogP contribution < -0.4 is 9.47 Å². The van der Waals surface area contributed by atoms with Gasteiger partial charge in [-0.2, -0.15) is 0 Å². The van der Waals surface area contributed by atoms with Gasteiger partial charge in [-0.3, -0.25) is 0 Å². The SMILES string of the molecule is Cc1c2c(c3ccccc3c1OC(=O)c1ccccc1)OC(C)(C)C2. The van der Waals surface area contributed by atoms with Gasteiger partial charge in [0.25, 0.3) is 0 Å². The number of ether oxygens (including phenoxy) is 2. The lowest BCUT2D eigenvalue weighted by molar-refractivity contribution is 0.0736. The maximum absolute atomic E-state index is 12.6. The molecular weight excluding hydrogens is 312 g/mol. The number of rotatable bonds is 2. The van der Waals surface area contributed by atoms with Crippen LogP contribution in [0.5, 0.6) is 11.5 Å². The molecule has 3 heteroatoms. The minimum absolute atomic E-state index is 0.252. The van der Waals surface area contributed by atoms with Crippen molar-refractivity contribution in [2.24, 2.45) is 0 Å². The molecule has 1 heterocycles. The molecule has 0 aliphatic carbocycles. The largest absolute Gasteiger partial charge is 0.487 e. The summed E-state index contributed by atoms with van der Waals surface area (Å²) in [5.41, 5.74) is 2.39. The lowest BCUT2D eigenvalue weighted by Gasteiger charge is -2.17. The Hall–Kier alpha value is -2.81. The molecule has 0 amide bonds. The summed E-state index contributed by atoms with van der Waals surface area (Å²) in [5.74, 6) is 1.20. The number of hydrogen-bond donors (Lipinski definition) is 0. The van der Waals surface area contributed by atoms with Crippen molar-refractivity contribution < 1.29 is 14.3 Å². The zero-order valence-corrected chi connectivity index (χ0v) is 14.6. The molecule has 3 aromatic rings. The Kier molecular flexibility index (Phi) is 3.53. The highest BCUT2D eigenvalue weighted by Gasteiger charge is 2.34. The molecule has 25 heavy (non-hydrogen) atoms. The van der Waals surface area contributed by atoms with E-state index in [9.17, 15) is 4.79 Å². The van der Waals surface area contributed by atoms with E-state index in [0.29, 0.717) is 11.3 Å². The van der Waals surface area contributed by atoms with E-state index in [4.69, 9.17) is 9.47 Å². The van der Waals surface area contributed by atoms with E-state index in [1.807, 2.05) is 49.4 Å². The molecule has 0 radical (unpaired) electrons. The minimum atomic E-state index is -0.341. The summed E-state index contributed by atoms with van der Waals surface area (Å²) in [6, 6.07) is 17.0. The second-order valence-electron chi connectivity index (χ2n) is 7.10. The van der Waals surface area contributed by atoms with Crippen molar-refractivity contribution >= 4 is 16.7 Å². The number of benzene rings is 3. The van der Waals surface area contributed by atoms with Crippen molar-refractivity contribution in [3.05, 3.63) is 71.3 Å². The number of esters is 1. The van der Waals surface area contributed by atoms with Crippen LogP contribution in [-0.2, 0) is 6.42 Å². The number of hydrogen-bond acceptors (Lipinski definition) is 3. The van der Waals surface area contributed by atoms with Gasteiger partial charge in [-0.25, -0.2) is 4.79 Å². The van der Waals surface area contributed by atoms with Crippen LogP contribution in [-0.4, -0.2) is 11.6 Å². The summed E-state index contributed by atoms with van der Waals surface area (Å²) in [4.78, 5) is 12.6. The molecule has 0 bridgehead atoms. The predicted octanol–water partition coefficient (Wildman–Crippen LogP) is 5.08. The molecule has 126 valence electrons. The van der Waals surface area contributed by atoms with E-state index in [1.54, 1.807) is 12.1 Å². The van der Waals surface area contributed by atoms with E-state index >= 15 is 0 Å². The van der Waals surface area contributed by atoms with Gasteiger partial charge in [-0.1, -0.05) is 42.5 Å². The molecule has 0 saturated carbocycles. The fourth-order valence-electron chi connectivity index (χ4n) is 3.48. The first-order valence-corrected chi connectivity index (χ1v) is 8.47. The number of carbonyl (C=O) groups excluding carboxylic acids is 1. The van der Waals surface area contributed by atoms with Crippen LogP contribution in [0, 0.1) is 6.92 Å². The van der Waals surface area contributed by atoms with Crippen molar-refractivity contribution in [3.8, 4) is 11.5 Å². The summed E-state index contributed by atoms with van der Waals surface area (Å²) in [6.07, 6.45) is 0.800. The quantitative estimate of drug-likeness (QED) is 0.485. The van der Waals surface area contributed by atoms with Crippen LogP contribution in [0.3, 0.4) is 0 Å². The monoisotopic (exact) mass is 332 g/mol. The lowest BCUT2D eigenvalue weighted by atomic mass is 9.94. The molecule has 0 atom stereocenters. The van der Waals surface area contributed by atoms with Gasteiger partial charge >= 0.3 is 5.97 Å². The van der Waals surface area contributed by atoms with E-state index in [0.717, 1.165) is 34.1 Å². The molecule has 1 aliphatic rings. The van der Waals surface area contributed by atoms with Crippen molar-refractivity contribution in [1.29, 1.82) is 0 Å². The van der Waals surface area contributed by atoms with Gasteiger partial charge in [-0.15, -0.1) is 0 Å². The fourth-order valence-corrected chi connectivity index (χ4v) is 3.48. The zero-order valence-electron chi connectivity index (χ0n) is 14.6. The van der Waals surface area contributed by atoms with Gasteiger partial charge < -0.3 is 9.47 Å². The summed E-state index contributed by atoms with van der Waals surface area (Å²) < 4.78 is 12.0. The van der Waals surface area contributed by atoms with Crippen molar-refractivity contribution in [2.45, 2.75) is 32.8 Å². The molecule has 3 aromatic carbocycles. The summed E-state index contributed by atoms with van der Waals surface area (Å²) >= 11 is 0. The third-order valence-electron chi connectivity index (χ3n) is 4.67. The molecule has 3 nitrogen and oxygen atoms in total. The van der Waals surface area contributed by atoms with Crippen molar-refractivity contribution in [1.82, 2.24) is 0 Å². The topological polar surface area (TPSA) is 35.5 Å². The fraction of sp³-hybridized carbons (Fsp3) is 0.227. The van der Waals surface area contributed by atoms with Gasteiger partial charge in [-0.05, 0) is 38.5 Å². The number of fused-ring (bicyclic) bond motifs is 3. The second-order valence-corrected chi connectivity index (χ2v) is 7.10. The highest BCUT2D eigenvalue weighted by atomic mass is 16.5. The van der Waals surface area contributed by atoms with Crippen LogP contribution in [0.1, 0.15) is 35.3 Å². The Balaban J connectivity index is 1.86. The highest BCUT2D eigenvalue weighted by Crippen LogP contribution is 2.47. The first kappa shape index (κ1) is 15.7. The first-order valence-electron chi connectivity index (χ1n) is 8.47. The van der Waals surface area contributed by atoms with Crippen LogP contribution in [0.4, 0.5) is 0 Å². The Morgan fingerprint density at radius 3 is 2.36 bits per heavy atom. The summed E-state index contributed by atoms with van der Waals surface area (Å²) in [6.45, 7) is 6.16. The second kappa shape index (κ2) is 5.62. The van der Waals surface area contributed by atoms with Crippen molar-refractivity contribution in [3.63, 3.8) is 0 Å². The lowest BCUT2D eigenvalue weighted by Crippen LogP contribution is -2.24. The Morgan fingerprint density at radius 2 is 1.64 bits per heavy atom. The van der Waals surface area contributed by atoms with Crippen LogP contribution in [0.15, 0.2) is 54.6 Å². The van der Waals surface area contributed by atoms with Crippen LogP contribution >= 0.6 is 0 Å². The zero-order chi connectivity index (χ0) is 17.6. The van der Waals surface area contributed by atoms with Gasteiger partial charge in [0.05, 0.1) is 5.56 Å². The molecule has 4 rings (SSSR count). The van der Waals surface area contributed by atoms with E-state index < -0.39 is 0 Å². The normalized spacial score (nSPS) is 14.8. The summed E-state index contributed by atoms with van der Waals surface area (Å²) in [5, 5.41) is 1.89. The minimum Gasteiger partial charge on any atom is -0.487 e. The molecule has 0 unspecified atom stereocenters. The molecular formula is C22H20O3. The molecule has 0 spiro atoms. The maximum atomic E-state index is 12.6. The molecule has 0 fully saturated rings.